The molecule has 0 fully saturated rings. The van der Waals surface area contributed by atoms with Gasteiger partial charge in [0, 0.05) is 12.6 Å². The number of nitrogens with two attached hydrogens (primary N) is 1. The normalized spacial score (nSPS) is 9.57. The number of benzene rings is 1. The molecule has 0 bridgehead atoms. The minimum Gasteiger partial charge on any atom is -0.492 e. The molecule has 14 heavy (non-hydrogen) atoms. The topological polar surface area (TPSA) is 64.3 Å². The average Bonchev–Trinajstić information content (AvgIpc) is 2.09. The average molecular weight is 194 g/mol. The third-order valence-corrected chi connectivity index (χ3v) is 1.61. The highest BCUT2D eigenvalue weighted by Crippen LogP contribution is 2.26. The molecule has 1 aromatic carbocycles. The van der Waals surface area contributed by atoms with E-state index in [4.69, 9.17) is 10.5 Å². The second kappa shape index (κ2) is 4.50. The van der Waals surface area contributed by atoms with E-state index in [1.807, 2.05) is 6.92 Å². The first-order valence-corrected chi connectivity index (χ1v) is 4.43. The van der Waals surface area contributed by atoms with Gasteiger partial charge in [-0.15, -0.1) is 0 Å². The second-order valence-electron chi connectivity index (χ2n) is 2.87. The largest absolute Gasteiger partial charge is 0.492 e. The molecule has 4 heteroatoms. The Kier molecular flexibility index (Phi) is 3.34. The molecule has 1 amide bonds. The van der Waals surface area contributed by atoms with Gasteiger partial charge in [0.05, 0.1) is 12.3 Å². The highest BCUT2D eigenvalue weighted by Gasteiger charge is 2.04. The molecule has 0 spiro atoms. The summed E-state index contributed by atoms with van der Waals surface area (Å²) in [6, 6.07) is 5.15. The molecule has 0 unspecified atom stereocenters. The highest BCUT2D eigenvalue weighted by molar-refractivity contribution is 5.91. The number of nitrogen functional groups attached to an aromatic ring is 1. The Balaban J connectivity index is 2.96. The molecular weight excluding hydrogens is 180 g/mol. The van der Waals surface area contributed by atoms with Gasteiger partial charge in [-0.25, -0.2) is 0 Å². The molecule has 4 nitrogen and oxygen atoms in total. The summed E-state index contributed by atoms with van der Waals surface area (Å²) in [5.74, 6) is 0.494. The quantitative estimate of drug-likeness (QED) is 0.719. The lowest BCUT2D eigenvalue weighted by molar-refractivity contribution is -0.114. The van der Waals surface area contributed by atoms with Crippen LogP contribution in [-0.2, 0) is 4.79 Å². The van der Waals surface area contributed by atoms with Gasteiger partial charge >= 0.3 is 0 Å². The maximum Gasteiger partial charge on any atom is 0.221 e. The summed E-state index contributed by atoms with van der Waals surface area (Å²) < 4.78 is 5.32. The van der Waals surface area contributed by atoms with E-state index in [0.29, 0.717) is 23.7 Å². The Hall–Kier alpha value is -1.71. The van der Waals surface area contributed by atoms with Crippen LogP contribution in [0.2, 0.25) is 0 Å². The first-order chi connectivity index (χ1) is 6.63. The van der Waals surface area contributed by atoms with Crippen LogP contribution in [-0.4, -0.2) is 12.5 Å². The van der Waals surface area contributed by atoms with Gasteiger partial charge in [-0.2, -0.15) is 0 Å². The van der Waals surface area contributed by atoms with Crippen molar-refractivity contribution in [2.75, 3.05) is 17.7 Å². The van der Waals surface area contributed by atoms with Crippen molar-refractivity contribution in [2.45, 2.75) is 13.8 Å². The molecule has 0 atom stereocenters. The van der Waals surface area contributed by atoms with Gasteiger partial charge in [-0.05, 0) is 25.1 Å². The predicted molar refractivity (Wildman–Crippen MR) is 56.3 cm³/mol. The van der Waals surface area contributed by atoms with Crippen molar-refractivity contribution in [3.8, 4) is 5.75 Å². The third kappa shape index (κ3) is 2.65. The van der Waals surface area contributed by atoms with Crippen molar-refractivity contribution >= 4 is 17.3 Å². The molecular formula is C10H14N2O2. The van der Waals surface area contributed by atoms with Gasteiger partial charge in [0.15, 0.2) is 0 Å². The summed E-state index contributed by atoms with van der Waals surface area (Å²) >= 11 is 0. The fourth-order valence-electron chi connectivity index (χ4n) is 1.12. The van der Waals surface area contributed by atoms with Crippen LogP contribution >= 0.6 is 0 Å². The predicted octanol–water partition coefficient (Wildman–Crippen LogP) is 1.63. The van der Waals surface area contributed by atoms with Gasteiger partial charge < -0.3 is 15.8 Å². The Morgan fingerprint density at radius 3 is 2.86 bits per heavy atom. The number of hydrogen-bond acceptors (Lipinski definition) is 3. The Bertz CT molecular complexity index is 337. The number of carbonyl (C=O) groups is 1. The summed E-state index contributed by atoms with van der Waals surface area (Å²) in [7, 11) is 0. The van der Waals surface area contributed by atoms with Crippen LogP contribution < -0.4 is 15.8 Å². The van der Waals surface area contributed by atoms with Crippen molar-refractivity contribution in [3.63, 3.8) is 0 Å². The monoisotopic (exact) mass is 194 g/mol. The number of hydrogen-bond donors (Lipinski definition) is 2. The van der Waals surface area contributed by atoms with E-state index in [0.717, 1.165) is 0 Å². The molecule has 0 aromatic heterocycles. The standard InChI is InChI=1S/C10H14N2O2/c1-3-14-10-5-4-8(11)6-9(10)12-7(2)13/h4-6H,3,11H2,1-2H3,(H,12,13). The maximum absolute atomic E-state index is 10.9. The summed E-state index contributed by atoms with van der Waals surface area (Å²) in [6.07, 6.45) is 0. The van der Waals surface area contributed by atoms with Gasteiger partial charge in [0.25, 0.3) is 0 Å². The summed E-state index contributed by atoms with van der Waals surface area (Å²) in [6.45, 7) is 3.88. The fourth-order valence-corrected chi connectivity index (χ4v) is 1.12. The molecule has 0 aliphatic heterocycles. The molecule has 3 N–H and O–H groups in total. The summed E-state index contributed by atoms with van der Waals surface area (Å²) in [5, 5.41) is 2.66. The van der Waals surface area contributed by atoms with Crippen molar-refractivity contribution in [3.05, 3.63) is 18.2 Å². The highest BCUT2D eigenvalue weighted by atomic mass is 16.5. The zero-order chi connectivity index (χ0) is 10.6. The Morgan fingerprint density at radius 2 is 2.29 bits per heavy atom. The molecule has 0 radical (unpaired) electrons. The number of rotatable bonds is 3. The number of amides is 1. The van der Waals surface area contributed by atoms with E-state index < -0.39 is 0 Å². The SMILES string of the molecule is CCOc1ccc(N)cc1NC(C)=O. The van der Waals surface area contributed by atoms with E-state index in [-0.39, 0.29) is 5.91 Å². The van der Waals surface area contributed by atoms with Gasteiger partial charge in [-0.1, -0.05) is 0 Å². The summed E-state index contributed by atoms with van der Waals surface area (Å²) in [4.78, 5) is 10.9. The molecule has 0 aliphatic carbocycles. The maximum atomic E-state index is 10.9. The molecule has 0 saturated carbocycles. The van der Waals surface area contributed by atoms with Crippen molar-refractivity contribution in [1.29, 1.82) is 0 Å². The zero-order valence-electron chi connectivity index (χ0n) is 8.33. The first kappa shape index (κ1) is 10.4. The van der Waals surface area contributed by atoms with E-state index in [1.54, 1.807) is 18.2 Å². The molecule has 1 rings (SSSR count). The zero-order valence-corrected chi connectivity index (χ0v) is 8.33. The summed E-state index contributed by atoms with van der Waals surface area (Å²) in [5.41, 5.74) is 6.80. The van der Waals surface area contributed by atoms with Crippen molar-refractivity contribution in [1.82, 2.24) is 0 Å². The van der Waals surface area contributed by atoms with E-state index >= 15 is 0 Å². The minimum atomic E-state index is -0.142. The Morgan fingerprint density at radius 1 is 1.57 bits per heavy atom. The first-order valence-electron chi connectivity index (χ1n) is 4.43. The molecule has 0 saturated heterocycles. The lowest BCUT2D eigenvalue weighted by Crippen LogP contribution is -2.08. The van der Waals surface area contributed by atoms with Crippen LogP contribution in [0.25, 0.3) is 0 Å². The molecule has 0 aliphatic rings. The van der Waals surface area contributed by atoms with Crippen LogP contribution in [0.1, 0.15) is 13.8 Å². The fraction of sp³-hybridized carbons (Fsp3) is 0.300. The number of ether oxygens (including phenoxy) is 1. The second-order valence-corrected chi connectivity index (χ2v) is 2.87. The minimum absolute atomic E-state index is 0.142. The molecule has 76 valence electrons. The van der Waals surface area contributed by atoms with Gasteiger partial charge in [0.1, 0.15) is 5.75 Å². The van der Waals surface area contributed by atoms with E-state index in [1.165, 1.54) is 6.92 Å². The molecule has 0 heterocycles. The lowest BCUT2D eigenvalue weighted by atomic mass is 10.2. The van der Waals surface area contributed by atoms with Crippen LogP contribution in [0.3, 0.4) is 0 Å². The number of nitrogens with one attached hydrogen (secondary N) is 1. The van der Waals surface area contributed by atoms with Gasteiger partial charge in [0.2, 0.25) is 5.91 Å². The van der Waals surface area contributed by atoms with Crippen molar-refractivity contribution in [2.24, 2.45) is 0 Å². The van der Waals surface area contributed by atoms with Crippen molar-refractivity contribution < 1.29 is 9.53 Å². The smallest absolute Gasteiger partial charge is 0.221 e. The van der Waals surface area contributed by atoms with Crippen LogP contribution in [0, 0.1) is 0 Å². The van der Waals surface area contributed by atoms with Gasteiger partial charge in [-0.3, -0.25) is 4.79 Å². The lowest BCUT2D eigenvalue weighted by Gasteiger charge is -2.10. The number of anilines is 2. The van der Waals surface area contributed by atoms with Crippen LogP contribution in [0.5, 0.6) is 5.75 Å². The third-order valence-electron chi connectivity index (χ3n) is 1.61. The number of carbonyl (C=O) groups excluding carboxylic acids is 1. The van der Waals surface area contributed by atoms with E-state index in [9.17, 15) is 4.79 Å². The van der Waals surface area contributed by atoms with E-state index in [2.05, 4.69) is 5.32 Å². The Labute approximate surface area is 83.1 Å². The van der Waals surface area contributed by atoms with Crippen LogP contribution in [0.15, 0.2) is 18.2 Å². The molecule has 1 aromatic rings. The van der Waals surface area contributed by atoms with Crippen LogP contribution in [0.4, 0.5) is 11.4 Å².